The van der Waals surface area contributed by atoms with Gasteiger partial charge in [-0.25, -0.2) is 0 Å². The first-order valence-corrected chi connectivity index (χ1v) is 6.31. The topological polar surface area (TPSA) is 44.5 Å². The molecule has 0 radical (unpaired) electrons. The summed E-state index contributed by atoms with van der Waals surface area (Å²) in [4.78, 5) is 0. The quantitative estimate of drug-likeness (QED) is 0.849. The monoisotopic (exact) mass is 277 g/mol. The van der Waals surface area contributed by atoms with Crippen molar-refractivity contribution >= 4 is 17.3 Å². The van der Waals surface area contributed by atoms with E-state index in [0.29, 0.717) is 18.9 Å². The van der Waals surface area contributed by atoms with Crippen LogP contribution in [0.2, 0.25) is 5.02 Å². The second-order valence-electron chi connectivity index (χ2n) is 4.19. The minimum Gasteiger partial charge on any atom is -0.496 e. The first kappa shape index (κ1) is 13.7. The first-order chi connectivity index (χ1) is 9.19. The summed E-state index contributed by atoms with van der Waals surface area (Å²) in [5, 5.41) is 0.723. The Morgan fingerprint density at radius 3 is 2.47 bits per heavy atom. The Kier molecular flexibility index (Phi) is 4.66. The van der Waals surface area contributed by atoms with Crippen molar-refractivity contribution in [2.24, 2.45) is 0 Å². The number of rotatable bonds is 5. The lowest BCUT2D eigenvalue weighted by Crippen LogP contribution is -1.98. The summed E-state index contributed by atoms with van der Waals surface area (Å²) in [6.07, 6.45) is 0. The van der Waals surface area contributed by atoms with Crippen LogP contribution in [0.5, 0.6) is 5.75 Å². The highest BCUT2D eigenvalue weighted by Crippen LogP contribution is 2.22. The first-order valence-electron chi connectivity index (χ1n) is 5.93. The predicted molar refractivity (Wildman–Crippen MR) is 77.4 cm³/mol. The largest absolute Gasteiger partial charge is 0.496 e. The Morgan fingerprint density at radius 1 is 1.05 bits per heavy atom. The number of halogens is 1. The molecule has 2 aromatic carbocycles. The van der Waals surface area contributed by atoms with Crippen molar-refractivity contribution in [3.8, 4) is 5.75 Å². The number of methoxy groups -OCH3 is 1. The van der Waals surface area contributed by atoms with Crippen molar-refractivity contribution in [3.63, 3.8) is 0 Å². The van der Waals surface area contributed by atoms with Gasteiger partial charge in [0.1, 0.15) is 5.75 Å². The molecule has 0 heterocycles. The molecule has 0 saturated carbocycles. The third-order valence-corrected chi connectivity index (χ3v) is 3.00. The van der Waals surface area contributed by atoms with Crippen molar-refractivity contribution in [2.75, 3.05) is 12.8 Å². The summed E-state index contributed by atoms with van der Waals surface area (Å²) in [5.41, 5.74) is 8.47. The molecule has 0 aromatic heterocycles. The van der Waals surface area contributed by atoms with Gasteiger partial charge in [-0.15, -0.1) is 0 Å². The number of hydrogen-bond acceptors (Lipinski definition) is 3. The molecule has 0 aliphatic rings. The van der Waals surface area contributed by atoms with Crippen LogP contribution in [0.1, 0.15) is 11.1 Å². The molecular formula is C15H16ClNO2. The van der Waals surface area contributed by atoms with E-state index in [1.807, 2.05) is 42.5 Å². The van der Waals surface area contributed by atoms with Gasteiger partial charge >= 0.3 is 0 Å². The molecule has 0 atom stereocenters. The Morgan fingerprint density at radius 2 is 1.79 bits per heavy atom. The fourth-order valence-corrected chi connectivity index (χ4v) is 1.90. The van der Waals surface area contributed by atoms with E-state index in [4.69, 9.17) is 26.8 Å². The highest BCUT2D eigenvalue weighted by Gasteiger charge is 2.04. The van der Waals surface area contributed by atoms with E-state index in [1.165, 1.54) is 0 Å². The van der Waals surface area contributed by atoms with Gasteiger partial charge in [0.25, 0.3) is 0 Å². The Labute approximate surface area is 117 Å². The lowest BCUT2D eigenvalue weighted by Gasteiger charge is -2.10. The average Bonchev–Trinajstić information content (AvgIpc) is 2.41. The van der Waals surface area contributed by atoms with Crippen molar-refractivity contribution in [1.82, 2.24) is 0 Å². The highest BCUT2D eigenvalue weighted by atomic mass is 35.5. The van der Waals surface area contributed by atoms with Gasteiger partial charge in [-0.1, -0.05) is 23.7 Å². The zero-order chi connectivity index (χ0) is 13.7. The fraction of sp³-hybridized carbons (Fsp3) is 0.200. The molecule has 0 fully saturated rings. The molecule has 0 amide bonds. The summed E-state index contributed by atoms with van der Waals surface area (Å²) in [6, 6.07) is 13.1. The van der Waals surface area contributed by atoms with Crippen LogP contribution in [0.25, 0.3) is 0 Å². The number of benzene rings is 2. The van der Waals surface area contributed by atoms with Crippen LogP contribution >= 0.6 is 11.6 Å². The highest BCUT2D eigenvalue weighted by molar-refractivity contribution is 6.30. The second kappa shape index (κ2) is 6.45. The van der Waals surface area contributed by atoms with Gasteiger partial charge < -0.3 is 15.2 Å². The van der Waals surface area contributed by atoms with Crippen LogP contribution < -0.4 is 10.5 Å². The third-order valence-electron chi connectivity index (χ3n) is 2.74. The standard InChI is InChI=1S/C15H16ClNO2/c1-18-15-7-6-14(17)8-12(15)10-19-9-11-2-4-13(16)5-3-11/h2-8H,9-10,17H2,1H3. The number of nitrogens with two attached hydrogens (primary N) is 1. The number of ether oxygens (including phenoxy) is 2. The third kappa shape index (κ3) is 3.88. The summed E-state index contributed by atoms with van der Waals surface area (Å²) in [7, 11) is 1.63. The van der Waals surface area contributed by atoms with E-state index in [9.17, 15) is 0 Å². The van der Waals surface area contributed by atoms with Crippen molar-refractivity contribution in [1.29, 1.82) is 0 Å². The molecule has 0 aliphatic carbocycles. The van der Waals surface area contributed by atoms with Gasteiger partial charge in [0.2, 0.25) is 0 Å². The smallest absolute Gasteiger partial charge is 0.124 e. The zero-order valence-electron chi connectivity index (χ0n) is 10.7. The van der Waals surface area contributed by atoms with Gasteiger partial charge in [0.15, 0.2) is 0 Å². The van der Waals surface area contributed by atoms with E-state index in [0.717, 1.165) is 21.9 Å². The number of hydrogen-bond donors (Lipinski definition) is 1. The van der Waals surface area contributed by atoms with E-state index in [2.05, 4.69) is 0 Å². The number of anilines is 1. The lowest BCUT2D eigenvalue weighted by atomic mass is 10.2. The van der Waals surface area contributed by atoms with Crippen molar-refractivity contribution in [2.45, 2.75) is 13.2 Å². The SMILES string of the molecule is COc1ccc(N)cc1COCc1ccc(Cl)cc1. The molecular weight excluding hydrogens is 262 g/mol. The van der Waals surface area contributed by atoms with E-state index in [1.54, 1.807) is 7.11 Å². The minimum atomic E-state index is 0.455. The van der Waals surface area contributed by atoms with Crippen LogP contribution in [0.15, 0.2) is 42.5 Å². The predicted octanol–water partition coefficient (Wildman–Crippen LogP) is 3.65. The summed E-state index contributed by atoms with van der Waals surface area (Å²) < 4.78 is 10.9. The molecule has 2 rings (SSSR count). The van der Waals surface area contributed by atoms with Crippen LogP contribution in [0.3, 0.4) is 0 Å². The molecule has 19 heavy (non-hydrogen) atoms. The summed E-state index contributed by atoms with van der Waals surface area (Å²) >= 11 is 5.83. The van der Waals surface area contributed by atoms with E-state index in [-0.39, 0.29) is 0 Å². The Hall–Kier alpha value is -1.71. The van der Waals surface area contributed by atoms with E-state index < -0.39 is 0 Å². The van der Waals surface area contributed by atoms with Gasteiger partial charge in [-0.3, -0.25) is 0 Å². The van der Waals surface area contributed by atoms with Crippen LogP contribution in [-0.4, -0.2) is 7.11 Å². The average molecular weight is 278 g/mol. The molecule has 2 N–H and O–H groups in total. The normalized spacial score (nSPS) is 10.4. The zero-order valence-corrected chi connectivity index (χ0v) is 11.5. The fourth-order valence-electron chi connectivity index (χ4n) is 1.77. The minimum absolute atomic E-state index is 0.455. The van der Waals surface area contributed by atoms with E-state index >= 15 is 0 Å². The molecule has 0 spiro atoms. The summed E-state index contributed by atoms with van der Waals surface area (Å²) in [6.45, 7) is 0.978. The number of nitrogen functional groups attached to an aromatic ring is 1. The molecule has 100 valence electrons. The van der Waals surface area contributed by atoms with Crippen molar-refractivity contribution in [3.05, 3.63) is 58.6 Å². The molecule has 2 aromatic rings. The molecule has 0 saturated heterocycles. The van der Waals surface area contributed by atoms with Crippen LogP contribution in [0.4, 0.5) is 5.69 Å². The molecule has 0 aliphatic heterocycles. The maximum atomic E-state index is 5.83. The summed E-state index contributed by atoms with van der Waals surface area (Å²) in [5.74, 6) is 0.783. The van der Waals surface area contributed by atoms with Crippen LogP contribution in [-0.2, 0) is 18.0 Å². The molecule has 0 bridgehead atoms. The van der Waals surface area contributed by atoms with Crippen LogP contribution in [0, 0.1) is 0 Å². The van der Waals surface area contributed by atoms with Gasteiger partial charge in [-0.2, -0.15) is 0 Å². The molecule has 0 unspecified atom stereocenters. The van der Waals surface area contributed by atoms with Gasteiger partial charge in [0, 0.05) is 16.3 Å². The molecule has 3 nitrogen and oxygen atoms in total. The Balaban J connectivity index is 1.95. The Bertz CT molecular complexity index is 540. The van der Waals surface area contributed by atoms with Gasteiger partial charge in [-0.05, 0) is 35.9 Å². The molecule has 4 heteroatoms. The lowest BCUT2D eigenvalue weighted by molar-refractivity contribution is 0.105. The maximum absolute atomic E-state index is 5.83. The maximum Gasteiger partial charge on any atom is 0.124 e. The van der Waals surface area contributed by atoms with Gasteiger partial charge in [0.05, 0.1) is 20.3 Å². The second-order valence-corrected chi connectivity index (χ2v) is 4.63. The van der Waals surface area contributed by atoms with Crippen molar-refractivity contribution < 1.29 is 9.47 Å².